The summed E-state index contributed by atoms with van der Waals surface area (Å²) in [6.07, 6.45) is 1.73. The van der Waals surface area contributed by atoms with Gasteiger partial charge in [0.05, 0.1) is 5.52 Å². The van der Waals surface area contributed by atoms with E-state index in [0.29, 0.717) is 5.02 Å². The molecule has 1 unspecified atom stereocenters. The number of fused-ring (bicyclic) bond motifs is 1. The van der Waals surface area contributed by atoms with Crippen LogP contribution in [0.3, 0.4) is 0 Å². The van der Waals surface area contributed by atoms with Gasteiger partial charge in [-0.3, -0.25) is 0 Å². The molecule has 1 heterocycles. The van der Waals surface area contributed by atoms with E-state index < -0.39 is 0 Å². The minimum absolute atomic E-state index is 0.119. The molecule has 0 aliphatic rings. The largest absolute Gasteiger partial charge is 0.441 e. The number of halogens is 1. The van der Waals surface area contributed by atoms with Gasteiger partial charge in [0.25, 0.3) is 0 Å². The number of benzene rings is 2. The number of aromatic nitrogens is 1. The highest BCUT2D eigenvalue weighted by Gasteiger charge is 2.18. The fourth-order valence-electron chi connectivity index (χ4n) is 2.80. The second-order valence-corrected chi connectivity index (χ2v) is 6.22. The van der Waals surface area contributed by atoms with Gasteiger partial charge in [-0.2, -0.15) is 0 Å². The molecule has 0 fully saturated rings. The van der Waals surface area contributed by atoms with Crippen LogP contribution in [0.5, 0.6) is 11.6 Å². The molecule has 0 aliphatic heterocycles. The monoisotopic (exact) mass is 328 g/mol. The Bertz CT molecular complexity index is 808. The van der Waals surface area contributed by atoms with Crippen LogP contribution in [0.15, 0.2) is 48.5 Å². The Kier molecular flexibility index (Phi) is 4.60. The van der Waals surface area contributed by atoms with Crippen LogP contribution < -0.4 is 10.5 Å². The summed E-state index contributed by atoms with van der Waals surface area (Å²) in [7, 11) is 2.02. The molecular formula is C19H21ClN2O. The van der Waals surface area contributed by atoms with Crippen molar-refractivity contribution in [1.29, 1.82) is 0 Å². The molecule has 120 valence electrons. The molecule has 3 aromatic rings. The molecule has 1 atom stereocenters. The molecular weight excluding hydrogens is 308 g/mol. The molecule has 0 saturated carbocycles. The number of ether oxygens (including phenoxy) is 1. The minimum atomic E-state index is 0.119. The third kappa shape index (κ3) is 3.21. The number of nitrogens with two attached hydrogens (primary N) is 1. The summed E-state index contributed by atoms with van der Waals surface area (Å²) in [6.45, 7) is 2.11. The maximum absolute atomic E-state index is 6.21. The van der Waals surface area contributed by atoms with Crippen molar-refractivity contribution in [3.63, 3.8) is 0 Å². The topological polar surface area (TPSA) is 40.2 Å². The number of nitrogens with zero attached hydrogens (tertiary/aromatic N) is 1. The maximum atomic E-state index is 6.21. The number of hydrogen-bond acceptors (Lipinski definition) is 2. The Morgan fingerprint density at radius 3 is 2.52 bits per heavy atom. The van der Waals surface area contributed by atoms with E-state index in [4.69, 9.17) is 22.1 Å². The lowest BCUT2D eigenvalue weighted by Crippen LogP contribution is -2.21. The van der Waals surface area contributed by atoms with Crippen LogP contribution in [0.2, 0.25) is 5.02 Å². The Morgan fingerprint density at radius 1 is 1.13 bits per heavy atom. The highest BCUT2D eigenvalue weighted by Crippen LogP contribution is 2.35. The average molecular weight is 329 g/mol. The Morgan fingerprint density at radius 2 is 1.83 bits per heavy atom. The summed E-state index contributed by atoms with van der Waals surface area (Å²) in [5.74, 6) is 1.61. The lowest BCUT2D eigenvalue weighted by atomic mass is 10.0. The SMILES string of the molecule is CCC(N)Cc1c(Oc2ccc(Cl)cc2)n(C)c2ccccc12. The standard InChI is InChI=1S/C19H21ClN2O/c1-3-14(21)12-17-16-6-4-5-7-18(16)22(2)19(17)23-15-10-8-13(20)9-11-15/h4-11,14H,3,12,21H2,1-2H3. The van der Waals surface area contributed by atoms with E-state index >= 15 is 0 Å². The van der Waals surface area contributed by atoms with E-state index in [1.807, 2.05) is 37.4 Å². The van der Waals surface area contributed by atoms with Crippen molar-refractivity contribution < 1.29 is 4.74 Å². The number of aryl methyl sites for hydroxylation is 1. The zero-order chi connectivity index (χ0) is 16.4. The molecule has 0 spiro atoms. The van der Waals surface area contributed by atoms with Crippen LogP contribution >= 0.6 is 11.6 Å². The van der Waals surface area contributed by atoms with Gasteiger partial charge in [0.2, 0.25) is 5.88 Å². The van der Waals surface area contributed by atoms with Crippen molar-refractivity contribution in [1.82, 2.24) is 4.57 Å². The van der Waals surface area contributed by atoms with E-state index in [1.165, 1.54) is 5.39 Å². The maximum Gasteiger partial charge on any atom is 0.204 e. The van der Waals surface area contributed by atoms with Gasteiger partial charge < -0.3 is 15.0 Å². The highest BCUT2D eigenvalue weighted by molar-refractivity contribution is 6.30. The lowest BCUT2D eigenvalue weighted by molar-refractivity contribution is 0.437. The van der Waals surface area contributed by atoms with E-state index in [1.54, 1.807) is 0 Å². The van der Waals surface area contributed by atoms with Crippen molar-refractivity contribution in [2.45, 2.75) is 25.8 Å². The second kappa shape index (κ2) is 6.65. The van der Waals surface area contributed by atoms with Gasteiger partial charge in [-0.25, -0.2) is 0 Å². The van der Waals surface area contributed by atoms with Crippen LogP contribution in [0.1, 0.15) is 18.9 Å². The summed E-state index contributed by atoms with van der Waals surface area (Å²) in [4.78, 5) is 0. The quantitative estimate of drug-likeness (QED) is 0.723. The smallest absolute Gasteiger partial charge is 0.204 e. The molecule has 0 radical (unpaired) electrons. The summed E-state index contributed by atoms with van der Waals surface area (Å²) < 4.78 is 8.26. The van der Waals surface area contributed by atoms with Gasteiger partial charge in [0.15, 0.2) is 0 Å². The number of hydrogen-bond donors (Lipinski definition) is 1. The van der Waals surface area contributed by atoms with Crippen molar-refractivity contribution in [2.75, 3.05) is 0 Å². The normalized spacial score (nSPS) is 12.5. The molecule has 0 bridgehead atoms. The van der Waals surface area contributed by atoms with Gasteiger partial charge in [-0.1, -0.05) is 36.7 Å². The molecule has 0 amide bonds. The van der Waals surface area contributed by atoms with Gasteiger partial charge in [0.1, 0.15) is 5.75 Å². The predicted molar refractivity (Wildman–Crippen MR) is 96.4 cm³/mol. The first kappa shape index (κ1) is 15.9. The second-order valence-electron chi connectivity index (χ2n) is 5.79. The molecule has 2 aromatic carbocycles. The van der Waals surface area contributed by atoms with Gasteiger partial charge >= 0.3 is 0 Å². The first-order valence-corrected chi connectivity index (χ1v) is 8.23. The van der Waals surface area contributed by atoms with Crippen molar-refractivity contribution >= 4 is 22.5 Å². The molecule has 23 heavy (non-hydrogen) atoms. The Balaban J connectivity index is 2.08. The van der Waals surface area contributed by atoms with E-state index in [0.717, 1.165) is 35.6 Å². The van der Waals surface area contributed by atoms with Crippen molar-refractivity contribution in [3.05, 3.63) is 59.1 Å². The Hall–Kier alpha value is -1.97. The fraction of sp³-hybridized carbons (Fsp3) is 0.263. The predicted octanol–water partition coefficient (Wildman–Crippen LogP) is 4.90. The number of para-hydroxylation sites is 1. The van der Waals surface area contributed by atoms with E-state index in [2.05, 4.69) is 29.7 Å². The van der Waals surface area contributed by atoms with Gasteiger partial charge in [-0.15, -0.1) is 0 Å². The van der Waals surface area contributed by atoms with Crippen LogP contribution in [0.4, 0.5) is 0 Å². The van der Waals surface area contributed by atoms with E-state index in [-0.39, 0.29) is 6.04 Å². The Labute approximate surface area is 141 Å². The zero-order valence-corrected chi connectivity index (χ0v) is 14.2. The van der Waals surface area contributed by atoms with Crippen LogP contribution in [0, 0.1) is 0 Å². The number of rotatable bonds is 5. The first-order chi connectivity index (χ1) is 11.1. The van der Waals surface area contributed by atoms with Gasteiger partial charge in [-0.05, 0) is 43.2 Å². The average Bonchev–Trinajstić information content (AvgIpc) is 2.83. The van der Waals surface area contributed by atoms with Crippen LogP contribution in [-0.2, 0) is 13.5 Å². The molecule has 0 aliphatic carbocycles. The summed E-state index contributed by atoms with van der Waals surface area (Å²) in [6, 6.07) is 15.9. The molecule has 0 saturated heterocycles. The first-order valence-electron chi connectivity index (χ1n) is 7.85. The third-order valence-electron chi connectivity index (χ3n) is 4.17. The fourth-order valence-corrected chi connectivity index (χ4v) is 2.92. The van der Waals surface area contributed by atoms with Crippen molar-refractivity contribution in [3.8, 4) is 11.6 Å². The molecule has 1 aromatic heterocycles. The van der Waals surface area contributed by atoms with Gasteiger partial charge in [0, 0.05) is 29.1 Å². The summed E-state index contributed by atoms with van der Waals surface area (Å²) >= 11 is 5.95. The summed E-state index contributed by atoms with van der Waals surface area (Å²) in [5.41, 5.74) is 8.51. The van der Waals surface area contributed by atoms with Crippen LogP contribution in [-0.4, -0.2) is 10.6 Å². The van der Waals surface area contributed by atoms with Crippen molar-refractivity contribution in [2.24, 2.45) is 12.8 Å². The molecule has 4 heteroatoms. The molecule has 2 N–H and O–H groups in total. The molecule has 3 nitrogen and oxygen atoms in total. The molecule has 3 rings (SSSR count). The van der Waals surface area contributed by atoms with Crippen LogP contribution in [0.25, 0.3) is 10.9 Å². The lowest BCUT2D eigenvalue weighted by Gasteiger charge is -2.13. The summed E-state index contributed by atoms with van der Waals surface area (Å²) in [5, 5.41) is 1.89. The highest BCUT2D eigenvalue weighted by atomic mass is 35.5. The zero-order valence-electron chi connectivity index (χ0n) is 13.4. The van der Waals surface area contributed by atoms with E-state index in [9.17, 15) is 0 Å². The minimum Gasteiger partial charge on any atom is -0.441 e. The third-order valence-corrected chi connectivity index (χ3v) is 4.42.